The van der Waals surface area contributed by atoms with E-state index in [1.165, 1.54) is 0 Å². The first-order chi connectivity index (χ1) is 9.35. The van der Waals surface area contributed by atoms with Crippen molar-refractivity contribution >= 4 is 18.0 Å². The van der Waals surface area contributed by atoms with Gasteiger partial charge in [-0.05, 0) is 42.4 Å². The molecular formula is C15H20O3S. The molecule has 0 aliphatic carbocycles. The largest absolute Gasteiger partial charge is 0.493 e. The number of aldehydes is 1. The van der Waals surface area contributed by atoms with Crippen LogP contribution in [-0.2, 0) is 11.2 Å². The fraction of sp³-hybridized carbons (Fsp3) is 0.533. The quantitative estimate of drug-likeness (QED) is 0.750. The lowest BCUT2D eigenvalue weighted by Crippen LogP contribution is -2.22. The lowest BCUT2D eigenvalue weighted by molar-refractivity contribution is -0.107. The van der Waals surface area contributed by atoms with Crippen LogP contribution in [0.15, 0.2) is 18.2 Å². The number of rotatable bonds is 6. The number of carbonyl (C=O) groups is 1. The Hall–Kier alpha value is -1.16. The van der Waals surface area contributed by atoms with Crippen molar-refractivity contribution in [3.05, 3.63) is 23.8 Å². The summed E-state index contributed by atoms with van der Waals surface area (Å²) in [6, 6.07) is 5.91. The van der Waals surface area contributed by atoms with E-state index in [-0.39, 0.29) is 6.10 Å². The van der Waals surface area contributed by atoms with E-state index in [1.54, 1.807) is 7.11 Å². The third-order valence-corrected chi connectivity index (χ3v) is 4.31. The Morgan fingerprint density at radius 2 is 2.16 bits per heavy atom. The maximum Gasteiger partial charge on any atom is 0.163 e. The van der Waals surface area contributed by atoms with Gasteiger partial charge in [0.25, 0.3) is 0 Å². The van der Waals surface area contributed by atoms with Crippen molar-refractivity contribution in [1.29, 1.82) is 0 Å². The number of carbonyl (C=O) groups excluding carboxylic acids is 1. The lowest BCUT2D eigenvalue weighted by atomic mass is 10.1. The number of aryl methyl sites for hydroxylation is 1. The van der Waals surface area contributed by atoms with Crippen LogP contribution in [0.4, 0.5) is 0 Å². The molecule has 1 aromatic carbocycles. The molecule has 0 unspecified atom stereocenters. The topological polar surface area (TPSA) is 35.5 Å². The number of hydrogen-bond acceptors (Lipinski definition) is 4. The fourth-order valence-corrected chi connectivity index (χ4v) is 3.33. The average Bonchev–Trinajstić information content (AvgIpc) is 2.46. The zero-order valence-corrected chi connectivity index (χ0v) is 12.1. The first-order valence-corrected chi connectivity index (χ1v) is 7.84. The molecule has 2 rings (SSSR count). The Balaban J connectivity index is 2.11. The van der Waals surface area contributed by atoms with Gasteiger partial charge >= 0.3 is 0 Å². The van der Waals surface area contributed by atoms with Crippen molar-refractivity contribution in [3.63, 3.8) is 0 Å². The van der Waals surface area contributed by atoms with Gasteiger partial charge in [-0.15, -0.1) is 0 Å². The van der Waals surface area contributed by atoms with E-state index in [9.17, 15) is 4.79 Å². The summed E-state index contributed by atoms with van der Waals surface area (Å²) in [6.07, 6.45) is 4.62. The number of hydrogen-bond donors (Lipinski definition) is 0. The number of ether oxygens (including phenoxy) is 2. The molecule has 0 bridgehead atoms. The molecule has 3 nitrogen and oxygen atoms in total. The number of para-hydroxylation sites is 1. The summed E-state index contributed by atoms with van der Waals surface area (Å²) in [4.78, 5) is 10.5. The molecule has 4 heteroatoms. The van der Waals surface area contributed by atoms with E-state index in [2.05, 4.69) is 0 Å². The fourth-order valence-electron chi connectivity index (χ4n) is 2.27. The molecule has 1 aliphatic heterocycles. The molecule has 0 atom stereocenters. The van der Waals surface area contributed by atoms with E-state index < -0.39 is 0 Å². The molecule has 0 N–H and O–H groups in total. The third-order valence-electron chi connectivity index (χ3n) is 3.26. The first-order valence-electron chi connectivity index (χ1n) is 6.69. The van der Waals surface area contributed by atoms with Crippen LogP contribution in [0.2, 0.25) is 0 Å². The van der Waals surface area contributed by atoms with E-state index in [4.69, 9.17) is 9.47 Å². The SMILES string of the molecule is COc1c(CCC=O)cccc1OC1CCSCC1. The lowest BCUT2D eigenvalue weighted by Gasteiger charge is -2.24. The van der Waals surface area contributed by atoms with E-state index in [0.29, 0.717) is 12.8 Å². The van der Waals surface area contributed by atoms with Crippen LogP contribution in [-0.4, -0.2) is 31.0 Å². The highest BCUT2D eigenvalue weighted by Crippen LogP contribution is 2.34. The highest BCUT2D eigenvalue weighted by atomic mass is 32.2. The van der Waals surface area contributed by atoms with Crippen molar-refractivity contribution in [2.75, 3.05) is 18.6 Å². The molecule has 1 heterocycles. The summed E-state index contributed by atoms with van der Waals surface area (Å²) in [7, 11) is 1.66. The van der Waals surface area contributed by atoms with Gasteiger partial charge in [-0.1, -0.05) is 12.1 Å². The molecule has 0 saturated carbocycles. The highest BCUT2D eigenvalue weighted by molar-refractivity contribution is 7.99. The van der Waals surface area contributed by atoms with Crippen LogP contribution < -0.4 is 9.47 Å². The first kappa shape index (κ1) is 14.3. The second-order valence-electron chi connectivity index (χ2n) is 4.58. The predicted molar refractivity (Wildman–Crippen MR) is 78.4 cm³/mol. The summed E-state index contributed by atoms with van der Waals surface area (Å²) < 4.78 is 11.5. The minimum atomic E-state index is 0.288. The Labute approximate surface area is 118 Å². The van der Waals surface area contributed by atoms with Crippen LogP contribution in [0.1, 0.15) is 24.8 Å². The predicted octanol–water partition coefficient (Wildman–Crippen LogP) is 3.10. The van der Waals surface area contributed by atoms with Crippen LogP contribution >= 0.6 is 11.8 Å². The zero-order valence-electron chi connectivity index (χ0n) is 11.3. The number of methoxy groups -OCH3 is 1. The Morgan fingerprint density at radius 1 is 1.37 bits per heavy atom. The molecule has 1 saturated heterocycles. The molecule has 1 aromatic rings. The summed E-state index contributed by atoms with van der Waals surface area (Å²) in [5, 5.41) is 0. The van der Waals surface area contributed by atoms with Crippen LogP contribution in [0.3, 0.4) is 0 Å². The molecule has 19 heavy (non-hydrogen) atoms. The molecular weight excluding hydrogens is 260 g/mol. The molecule has 0 aromatic heterocycles. The van der Waals surface area contributed by atoms with Crippen LogP contribution in [0.5, 0.6) is 11.5 Å². The van der Waals surface area contributed by atoms with Crippen molar-refractivity contribution in [2.24, 2.45) is 0 Å². The van der Waals surface area contributed by atoms with E-state index in [0.717, 1.165) is 47.7 Å². The van der Waals surface area contributed by atoms with Gasteiger partial charge in [0, 0.05) is 6.42 Å². The summed E-state index contributed by atoms with van der Waals surface area (Å²) >= 11 is 1.98. The molecule has 0 spiro atoms. The van der Waals surface area contributed by atoms with Gasteiger partial charge in [-0.25, -0.2) is 0 Å². The van der Waals surface area contributed by atoms with Crippen molar-refractivity contribution in [2.45, 2.75) is 31.8 Å². The number of benzene rings is 1. The third kappa shape index (κ3) is 3.90. The summed E-state index contributed by atoms with van der Waals surface area (Å²) in [6.45, 7) is 0. The van der Waals surface area contributed by atoms with Crippen LogP contribution in [0.25, 0.3) is 0 Å². The van der Waals surface area contributed by atoms with Gasteiger partial charge in [0.05, 0.1) is 7.11 Å². The highest BCUT2D eigenvalue weighted by Gasteiger charge is 2.18. The minimum Gasteiger partial charge on any atom is -0.493 e. The molecule has 104 valence electrons. The van der Waals surface area contributed by atoms with Gasteiger partial charge in [-0.2, -0.15) is 11.8 Å². The van der Waals surface area contributed by atoms with Crippen molar-refractivity contribution in [1.82, 2.24) is 0 Å². The monoisotopic (exact) mass is 280 g/mol. The Bertz CT molecular complexity index is 414. The average molecular weight is 280 g/mol. The number of thioether (sulfide) groups is 1. The second kappa shape index (κ2) is 7.43. The van der Waals surface area contributed by atoms with Gasteiger partial charge in [0.15, 0.2) is 11.5 Å². The molecule has 1 fully saturated rings. The molecule has 1 aliphatic rings. The standard InChI is InChI=1S/C15H20O3S/c1-17-15-12(5-3-9-16)4-2-6-14(15)18-13-7-10-19-11-8-13/h2,4,6,9,13H,3,5,7-8,10-11H2,1H3. The maximum atomic E-state index is 10.5. The van der Waals surface area contributed by atoms with Crippen molar-refractivity contribution in [3.8, 4) is 11.5 Å². The van der Waals surface area contributed by atoms with Gasteiger partial charge < -0.3 is 14.3 Å². The Kier molecular flexibility index (Phi) is 5.58. The van der Waals surface area contributed by atoms with Gasteiger partial charge in [-0.3, -0.25) is 0 Å². The normalized spacial score (nSPS) is 16.1. The maximum absolute atomic E-state index is 10.5. The zero-order chi connectivity index (χ0) is 13.5. The summed E-state index contributed by atoms with van der Waals surface area (Å²) in [5.41, 5.74) is 1.04. The van der Waals surface area contributed by atoms with Crippen molar-refractivity contribution < 1.29 is 14.3 Å². The molecule has 0 amide bonds. The van der Waals surface area contributed by atoms with E-state index in [1.807, 2.05) is 30.0 Å². The second-order valence-corrected chi connectivity index (χ2v) is 5.81. The smallest absolute Gasteiger partial charge is 0.163 e. The minimum absolute atomic E-state index is 0.288. The summed E-state index contributed by atoms with van der Waals surface area (Å²) in [5.74, 6) is 3.92. The van der Waals surface area contributed by atoms with Gasteiger partial charge in [0.2, 0.25) is 0 Å². The van der Waals surface area contributed by atoms with Gasteiger partial charge in [0.1, 0.15) is 12.4 Å². The van der Waals surface area contributed by atoms with E-state index >= 15 is 0 Å². The molecule has 0 radical (unpaired) electrons. The Morgan fingerprint density at radius 3 is 2.84 bits per heavy atom. The van der Waals surface area contributed by atoms with Crippen LogP contribution in [0, 0.1) is 0 Å².